The zero-order valence-corrected chi connectivity index (χ0v) is 15.4. The molecule has 1 aliphatic heterocycles. The highest BCUT2D eigenvalue weighted by molar-refractivity contribution is 5.79. The van der Waals surface area contributed by atoms with E-state index in [0.717, 1.165) is 11.4 Å². The fourth-order valence-electron chi connectivity index (χ4n) is 3.71. The molecule has 0 bridgehead atoms. The highest BCUT2D eigenvalue weighted by atomic mass is 16.4. The van der Waals surface area contributed by atoms with E-state index in [1.165, 1.54) is 0 Å². The van der Waals surface area contributed by atoms with Gasteiger partial charge in [0, 0.05) is 38.4 Å². The van der Waals surface area contributed by atoms with E-state index in [-0.39, 0.29) is 25.3 Å². The molecule has 0 aliphatic carbocycles. The van der Waals surface area contributed by atoms with E-state index >= 15 is 0 Å². The number of benzene rings is 1. The first-order valence-electron chi connectivity index (χ1n) is 9.13. The minimum atomic E-state index is -1.26. The van der Waals surface area contributed by atoms with Crippen molar-refractivity contribution in [3.63, 3.8) is 0 Å². The molecule has 1 aliphatic rings. The molecule has 1 saturated heterocycles. The molecule has 7 nitrogen and oxygen atoms in total. The number of carboxylic acids is 1. The Morgan fingerprint density at radius 2 is 2.04 bits per heavy atom. The van der Waals surface area contributed by atoms with Crippen molar-refractivity contribution in [2.75, 3.05) is 13.1 Å². The topological polar surface area (TPSA) is 95.7 Å². The summed E-state index contributed by atoms with van der Waals surface area (Å²) in [6.45, 7) is 2.77. The van der Waals surface area contributed by atoms with Crippen LogP contribution < -0.4 is 0 Å². The normalized spacial score (nSPS) is 22.6. The Bertz CT molecular complexity index is 805. The first-order valence-corrected chi connectivity index (χ1v) is 9.13. The van der Waals surface area contributed by atoms with Gasteiger partial charge < -0.3 is 19.7 Å². The summed E-state index contributed by atoms with van der Waals surface area (Å²) in [5, 5.41) is 20.5. The first kappa shape index (κ1) is 19.1. The van der Waals surface area contributed by atoms with E-state index in [0.29, 0.717) is 19.5 Å². The average molecular weight is 371 g/mol. The summed E-state index contributed by atoms with van der Waals surface area (Å²) < 4.78 is 1.90. The van der Waals surface area contributed by atoms with Crippen molar-refractivity contribution < 1.29 is 19.8 Å². The number of hydrogen-bond donors (Lipinski definition) is 2. The Morgan fingerprint density at radius 1 is 1.30 bits per heavy atom. The minimum absolute atomic E-state index is 0.0425. The molecule has 0 radical (unpaired) electrons. The summed E-state index contributed by atoms with van der Waals surface area (Å²) in [7, 11) is 0. The number of β-amino-alcohol motifs (C(OH)–C–C–N with tert-alkyl or cyclic N) is 1. The number of carbonyl (C=O) groups excluding carboxylic acids is 1. The molecule has 1 amide bonds. The number of aliphatic hydroxyl groups excluding tert-OH is 1. The van der Waals surface area contributed by atoms with Crippen LogP contribution in [0.4, 0.5) is 0 Å². The number of rotatable bonds is 6. The first-order chi connectivity index (χ1) is 12.9. The fourth-order valence-corrected chi connectivity index (χ4v) is 3.71. The van der Waals surface area contributed by atoms with E-state index in [2.05, 4.69) is 4.98 Å². The maximum atomic E-state index is 12.5. The number of nitrogens with zero attached hydrogens (tertiary/aromatic N) is 3. The van der Waals surface area contributed by atoms with Gasteiger partial charge in [0.25, 0.3) is 0 Å². The summed E-state index contributed by atoms with van der Waals surface area (Å²) in [6, 6.07) is 9.31. The Hall–Kier alpha value is -2.67. The van der Waals surface area contributed by atoms with Crippen LogP contribution in [0.25, 0.3) is 0 Å². The Morgan fingerprint density at radius 3 is 2.63 bits per heavy atom. The SMILES string of the molecule is Cc1nccn1CCC(=O)N1CC[C@](Cc2ccccc2)(C(=O)O)[C@H](O)C1. The number of aliphatic hydroxyl groups is 1. The number of likely N-dealkylation sites (tertiary alicyclic amines) is 1. The summed E-state index contributed by atoms with van der Waals surface area (Å²) in [6.07, 6.45) is 3.18. The van der Waals surface area contributed by atoms with Gasteiger partial charge in [0.2, 0.25) is 5.91 Å². The van der Waals surface area contributed by atoms with E-state index in [4.69, 9.17) is 0 Å². The van der Waals surface area contributed by atoms with Gasteiger partial charge in [0.05, 0.1) is 6.10 Å². The van der Waals surface area contributed by atoms with Gasteiger partial charge in [-0.05, 0) is 25.3 Å². The van der Waals surface area contributed by atoms with Gasteiger partial charge >= 0.3 is 5.97 Å². The maximum Gasteiger partial charge on any atom is 0.312 e. The van der Waals surface area contributed by atoms with Crippen molar-refractivity contribution >= 4 is 11.9 Å². The summed E-state index contributed by atoms with van der Waals surface area (Å²) in [5.41, 5.74) is -0.395. The number of carbonyl (C=O) groups is 2. The third-order valence-electron chi connectivity index (χ3n) is 5.49. The van der Waals surface area contributed by atoms with Crippen molar-refractivity contribution in [1.82, 2.24) is 14.5 Å². The lowest BCUT2D eigenvalue weighted by Gasteiger charge is -2.43. The highest BCUT2D eigenvalue weighted by Gasteiger charge is 2.49. The van der Waals surface area contributed by atoms with Gasteiger partial charge in [-0.1, -0.05) is 30.3 Å². The molecule has 2 aromatic rings. The van der Waals surface area contributed by atoms with Crippen LogP contribution in [0.1, 0.15) is 24.2 Å². The molecule has 2 atom stereocenters. The molecule has 144 valence electrons. The number of hydrogen-bond acceptors (Lipinski definition) is 4. The minimum Gasteiger partial charge on any atom is -0.481 e. The largest absolute Gasteiger partial charge is 0.481 e. The second-order valence-electron chi connectivity index (χ2n) is 7.15. The molecular formula is C20H25N3O4. The maximum absolute atomic E-state index is 12.5. The Balaban J connectivity index is 1.65. The van der Waals surface area contributed by atoms with Crippen molar-refractivity contribution in [2.45, 2.75) is 38.8 Å². The molecule has 2 N–H and O–H groups in total. The van der Waals surface area contributed by atoms with Gasteiger partial charge in [-0.15, -0.1) is 0 Å². The average Bonchev–Trinajstić information content (AvgIpc) is 3.07. The van der Waals surface area contributed by atoms with Crippen molar-refractivity contribution in [3.8, 4) is 0 Å². The molecule has 27 heavy (non-hydrogen) atoms. The van der Waals surface area contributed by atoms with Gasteiger partial charge in [0.15, 0.2) is 0 Å². The monoisotopic (exact) mass is 371 g/mol. The summed E-state index contributed by atoms with van der Waals surface area (Å²) >= 11 is 0. The molecule has 0 unspecified atom stereocenters. The summed E-state index contributed by atoms with van der Waals surface area (Å²) in [4.78, 5) is 30.2. The van der Waals surface area contributed by atoms with Crippen LogP contribution in [-0.2, 0) is 22.6 Å². The molecule has 1 fully saturated rings. The Kier molecular flexibility index (Phi) is 5.60. The number of imidazole rings is 1. The van der Waals surface area contributed by atoms with E-state index in [1.54, 1.807) is 11.1 Å². The van der Waals surface area contributed by atoms with Crippen LogP contribution in [0.15, 0.2) is 42.7 Å². The number of amides is 1. The van der Waals surface area contributed by atoms with E-state index in [9.17, 15) is 19.8 Å². The molecular weight excluding hydrogens is 346 g/mol. The third-order valence-corrected chi connectivity index (χ3v) is 5.49. The molecule has 1 aromatic heterocycles. The second kappa shape index (κ2) is 7.92. The lowest BCUT2D eigenvalue weighted by molar-refractivity contribution is -0.166. The van der Waals surface area contributed by atoms with Gasteiger partial charge in [-0.2, -0.15) is 0 Å². The molecule has 0 saturated carbocycles. The number of aliphatic carboxylic acids is 1. The molecule has 7 heteroatoms. The van der Waals surface area contributed by atoms with Crippen LogP contribution in [0, 0.1) is 12.3 Å². The van der Waals surface area contributed by atoms with Crippen LogP contribution in [0.3, 0.4) is 0 Å². The zero-order valence-electron chi connectivity index (χ0n) is 15.4. The second-order valence-corrected chi connectivity index (χ2v) is 7.15. The van der Waals surface area contributed by atoms with Crippen molar-refractivity contribution in [2.24, 2.45) is 5.41 Å². The fraction of sp³-hybridized carbons (Fsp3) is 0.450. The number of piperidine rings is 1. The summed E-state index contributed by atoms with van der Waals surface area (Å²) in [5.74, 6) is -0.255. The Labute approximate surface area is 158 Å². The molecule has 3 rings (SSSR count). The van der Waals surface area contributed by atoms with Crippen LogP contribution >= 0.6 is 0 Å². The standard InChI is InChI=1S/C20H25N3O4/c1-15-21-9-12-22(15)10-7-18(25)23-11-8-20(19(26)27,17(24)14-23)13-16-5-3-2-4-6-16/h2-6,9,12,17,24H,7-8,10-11,13-14H2,1H3,(H,26,27)/t17-,20-/m1/s1. The van der Waals surface area contributed by atoms with Crippen LogP contribution in [0.5, 0.6) is 0 Å². The predicted molar refractivity (Wildman–Crippen MR) is 99.0 cm³/mol. The lowest BCUT2D eigenvalue weighted by Crippen LogP contribution is -2.57. The number of aromatic nitrogens is 2. The van der Waals surface area contributed by atoms with Gasteiger partial charge in [0.1, 0.15) is 11.2 Å². The van der Waals surface area contributed by atoms with Gasteiger partial charge in [-0.3, -0.25) is 9.59 Å². The zero-order chi connectivity index (χ0) is 19.4. The van der Waals surface area contributed by atoms with Crippen molar-refractivity contribution in [1.29, 1.82) is 0 Å². The number of carboxylic acid groups (broad SMARTS) is 1. The van der Waals surface area contributed by atoms with Gasteiger partial charge in [-0.25, -0.2) is 4.98 Å². The quantitative estimate of drug-likeness (QED) is 0.802. The molecule has 0 spiro atoms. The smallest absolute Gasteiger partial charge is 0.312 e. The lowest BCUT2D eigenvalue weighted by atomic mass is 9.71. The van der Waals surface area contributed by atoms with Crippen LogP contribution in [0.2, 0.25) is 0 Å². The van der Waals surface area contributed by atoms with E-state index < -0.39 is 17.5 Å². The highest BCUT2D eigenvalue weighted by Crippen LogP contribution is 2.36. The molecule has 2 heterocycles. The van der Waals surface area contributed by atoms with Crippen LogP contribution in [-0.4, -0.2) is 55.7 Å². The predicted octanol–water partition coefficient (Wildman–Crippen LogP) is 1.49. The third kappa shape index (κ3) is 4.03. The molecule has 1 aromatic carbocycles. The van der Waals surface area contributed by atoms with E-state index in [1.807, 2.05) is 48.0 Å². The van der Waals surface area contributed by atoms with Crippen molar-refractivity contribution in [3.05, 3.63) is 54.1 Å². The number of aryl methyl sites for hydroxylation is 2.